The van der Waals surface area contributed by atoms with Crippen LogP contribution in [0, 0.1) is 6.92 Å². The largest absolute Gasteiger partial charge is 0.326 e. The summed E-state index contributed by atoms with van der Waals surface area (Å²) in [5, 5.41) is 6.24. The molecule has 0 saturated heterocycles. The number of imidazole rings is 1. The maximum absolute atomic E-state index is 12.4. The van der Waals surface area contributed by atoms with Gasteiger partial charge in [-0.05, 0) is 25.1 Å². The van der Waals surface area contributed by atoms with E-state index in [4.69, 9.17) is 11.6 Å². The second kappa shape index (κ2) is 7.96. The van der Waals surface area contributed by atoms with Crippen molar-refractivity contribution in [3.8, 4) is 16.3 Å². The highest BCUT2D eigenvalue weighted by Crippen LogP contribution is 2.26. The van der Waals surface area contributed by atoms with Gasteiger partial charge in [-0.25, -0.2) is 9.97 Å². The first-order valence-corrected chi connectivity index (χ1v) is 9.93. The summed E-state index contributed by atoms with van der Waals surface area (Å²) < 4.78 is 1.82. The minimum atomic E-state index is -0.132. The minimum absolute atomic E-state index is 0.132. The van der Waals surface area contributed by atoms with Crippen molar-refractivity contribution in [1.82, 2.24) is 14.5 Å². The lowest BCUT2D eigenvalue weighted by Crippen LogP contribution is -2.14. The van der Waals surface area contributed by atoms with Crippen LogP contribution in [0.5, 0.6) is 0 Å². The van der Waals surface area contributed by atoms with Crippen molar-refractivity contribution in [3.63, 3.8) is 0 Å². The zero-order valence-electron chi connectivity index (χ0n) is 15.1. The van der Waals surface area contributed by atoms with Crippen LogP contribution in [0.2, 0.25) is 5.02 Å². The zero-order valence-corrected chi connectivity index (χ0v) is 16.7. The molecule has 0 bridgehead atoms. The summed E-state index contributed by atoms with van der Waals surface area (Å²) in [7, 11) is 0. The van der Waals surface area contributed by atoms with Gasteiger partial charge in [0.25, 0.3) is 0 Å². The van der Waals surface area contributed by atoms with Crippen LogP contribution in [-0.2, 0) is 11.2 Å². The number of nitrogens with one attached hydrogen (secondary N) is 1. The van der Waals surface area contributed by atoms with Gasteiger partial charge in [-0.3, -0.25) is 4.79 Å². The summed E-state index contributed by atoms with van der Waals surface area (Å²) in [4.78, 5) is 21.0. The first kappa shape index (κ1) is 18.4. The molecular weight excluding hydrogens is 392 g/mol. The third-order valence-corrected chi connectivity index (χ3v) is 5.45. The van der Waals surface area contributed by atoms with Gasteiger partial charge in [0.2, 0.25) is 5.91 Å². The normalized spacial score (nSPS) is 10.8. The van der Waals surface area contributed by atoms with Crippen molar-refractivity contribution in [2.75, 3.05) is 5.32 Å². The highest BCUT2D eigenvalue weighted by atomic mass is 35.5. The summed E-state index contributed by atoms with van der Waals surface area (Å²) in [5.41, 5.74) is 4.47. The molecule has 2 aromatic carbocycles. The number of thiazole rings is 1. The molecule has 0 atom stereocenters. The van der Waals surface area contributed by atoms with Crippen LogP contribution in [0.3, 0.4) is 0 Å². The summed E-state index contributed by atoms with van der Waals surface area (Å²) >= 11 is 7.87. The summed E-state index contributed by atoms with van der Waals surface area (Å²) in [6, 6.07) is 13.6. The first-order valence-electron chi connectivity index (χ1n) is 8.68. The molecule has 4 aromatic rings. The highest BCUT2D eigenvalue weighted by Gasteiger charge is 2.11. The van der Waals surface area contributed by atoms with Crippen LogP contribution in [-0.4, -0.2) is 20.4 Å². The number of aryl methyl sites for hydroxylation is 1. The predicted octanol–water partition coefficient (Wildman–Crippen LogP) is 5.14. The van der Waals surface area contributed by atoms with E-state index in [1.165, 1.54) is 16.9 Å². The molecular formula is C21H17ClN4OS. The molecule has 5 nitrogen and oxygen atoms in total. The van der Waals surface area contributed by atoms with E-state index in [2.05, 4.69) is 34.3 Å². The van der Waals surface area contributed by atoms with Gasteiger partial charge in [0, 0.05) is 29.0 Å². The number of amides is 1. The van der Waals surface area contributed by atoms with E-state index in [9.17, 15) is 4.79 Å². The number of aromatic nitrogens is 3. The van der Waals surface area contributed by atoms with E-state index >= 15 is 0 Å². The smallest absolute Gasteiger partial charge is 0.230 e. The molecule has 140 valence electrons. The van der Waals surface area contributed by atoms with Gasteiger partial charge in [0.15, 0.2) is 0 Å². The second-order valence-corrected chi connectivity index (χ2v) is 7.64. The number of benzene rings is 2. The molecule has 0 spiro atoms. The molecule has 28 heavy (non-hydrogen) atoms. The Morgan fingerprint density at radius 2 is 2.04 bits per heavy atom. The molecule has 1 N–H and O–H groups in total. The average molecular weight is 409 g/mol. The number of hydrogen-bond acceptors (Lipinski definition) is 4. The number of hydrogen-bond donors (Lipinski definition) is 1. The molecule has 0 radical (unpaired) electrons. The average Bonchev–Trinajstić information content (AvgIpc) is 3.35. The van der Waals surface area contributed by atoms with Crippen molar-refractivity contribution in [2.24, 2.45) is 0 Å². The molecule has 1 amide bonds. The molecule has 7 heteroatoms. The van der Waals surface area contributed by atoms with E-state index in [0.29, 0.717) is 10.7 Å². The number of carbonyl (C=O) groups excluding carboxylic acids is 1. The van der Waals surface area contributed by atoms with E-state index < -0.39 is 0 Å². The Hall–Kier alpha value is -2.96. The molecule has 2 aromatic heterocycles. The number of carbonyl (C=O) groups is 1. The van der Waals surface area contributed by atoms with E-state index in [0.717, 1.165) is 22.0 Å². The van der Waals surface area contributed by atoms with Gasteiger partial charge < -0.3 is 9.88 Å². The first-order chi connectivity index (χ1) is 13.6. The third-order valence-electron chi connectivity index (χ3n) is 4.21. The molecule has 0 aliphatic heterocycles. The molecule has 2 heterocycles. The molecule has 0 saturated carbocycles. The lowest BCUT2D eigenvalue weighted by atomic mass is 10.2. The van der Waals surface area contributed by atoms with Crippen molar-refractivity contribution in [1.29, 1.82) is 0 Å². The fraction of sp³-hybridized carbons (Fsp3) is 0.0952. The van der Waals surface area contributed by atoms with Crippen LogP contribution in [0.15, 0.2) is 66.6 Å². The van der Waals surface area contributed by atoms with E-state index in [-0.39, 0.29) is 12.3 Å². The highest BCUT2D eigenvalue weighted by molar-refractivity contribution is 7.13. The Morgan fingerprint density at radius 3 is 2.75 bits per heavy atom. The van der Waals surface area contributed by atoms with Gasteiger partial charge in [-0.1, -0.05) is 41.4 Å². The third kappa shape index (κ3) is 4.13. The number of nitrogens with zero attached hydrogens (tertiary/aromatic N) is 3. The summed E-state index contributed by atoms with van der Waals surface area (Å²) in [6.45, 7) is 2.05. The van der Waals surface area contributed by atoms with E-state index in [1.54, 1.807) is 18.6 Å². The number of halogens is 1. The van der Waals surface area contributed by atoms with Crippen molar-refractivity contribution < 1.29 is 4.79 Å². The summed E-state index contributed by atoms with van der Waals surface area (Å²) in [6.07, 6.45) is 5.38. The fourth-order valence-electron chi connectivity index (χ4n) is 2.78. The van der Waals surface area contributed by atoms with Crippen LogP contribution in [0.4, 0.5) is 5.69 Å². The van der Waals surface area contributed by atoms with Crippen molar-refractivity contribution in [3.05, 3.63) is 82.8 Å². The topological polar surface area (TPSA) is 59.8 Å². The van der Waals surface area contributed by atoms with E-state index in [1.807, 2.05) is 40.4 Å². The zero-order chi connectivity index (χ0) is 19.5. The number of rotatable bonds is 5. The predicted molar refractivity (Wildman–Crippen MR) is 113 cm³/mol. The Kier molecular flexibility index (Phi) is 5.23. The quantitative estimate of drug-likeness (QED) is 0.497. The monoisotopic (exact) mass is 408 g/mol. The standard InChI is InChI=1S/C21H17ClN4OS/c1-14-2-4-15(5-3-14)21-25-17(12-28-21)11-20(27)24-16-6-7-19(18(22)10-16)26-9-8-23-13-26/h2-10,12-13H,11H2,1H3,(H,24,27). The van der Waals surface area contributed by atoms with Crippen molar-refractivity contribution in [2.45, 2.75) is 13.3 Å². The molecule has 0 unspecified atom stereocenters. The molecule has 0 fully saturated rings. The lowest BCUT2D eigenvalue weighted by Gasteiger charge is -2.09. The Labute approximate surface area is 171 Å². The Bertz CT molecular complexity index is 1100. The van der Waals surface area contributed by atoms with Gasteiger partial charge in [-0.15, -0.1) is 11.3 Å². The Balaban J connectivity index is 1.42. The molecule has 0 aliphatic rings. The van der Waals surface area contributed by atoms with Crippen LogP contribution in [0.1, 0.15) is 11.3 Å². The Morgan fingerprint density at radius 1 is 1.21 bits per heavy atom. The molecule has 4 rings (SSSR count). The van der Waals surface area contributed by atoms with Gasteiger partial charge in [0.05, 0.1) is 29.2 Å². The maximum Gasteiger partial charge on any atom is 0.230 e. The van der Waals surface area contributed by atoms with Crippen LogP contribution < -0.4 is 5.32 Å². The fourth-order valence-corrected chi connectivity index (χ4v) is 3.89. The maximum atomic E-state index is 12.4. The van der Waals surface area contributed by atoms with Gasteiger partial charge >= 0.3 is 0 Å². The van der Waals surface area contributed by atoms with Gasteiger partial charge in [0.1, 0.15) is 5.01 Å². The summed E-state index contributed by atoms with van der Waals surface area (Å²) in [5.74, 6) is -0.132. The lowest BCUT2D eigenvalue weighted by molar-refractivity contribution is -0.115. The second-order valence-electron chi connectivity index (χ2n) is 6.37. The number of anilines is 1. The van der Waals surface area contributed by atoms with Crippen LogP contribution in [0.25, 0.3) is 16.3 Å². The SMILES string of the molecule is Cc1ccc(-c2nc(CC(=O)Nc3ccc(-n4ccnc4)c(Cl)c3)cs2)cc1. The minimum Gasteiger partial charge on any atom is -0.326 e. The van der Waals surface area contributed by atoms with Gasteiger partial charge in [-0.2, -0.15) is 0 Å². The van der Waals surface area contributed by atoms with Crippen LogP contribution >= 0.6 is 22.9 Å². The van der Waals surface area contributed by atoms with Crippen molar-refractivity contribution >= 4 is 34.5 Å². The molecule has 0 aliphatic carbocycles.